The monoisotopic (exact) mass is 244 g/mol. The molecular formula is C10H12O7. The van der Waals surface area contributed by atoms with Crippen molar-refractivity contribution in [3.63, 3.8) is 0 Å². The van der Waals surface area contributed by atoms with E-state index in [0.717, 1.165) is 6.08 Å². The van der Waals surface area contributed by atoms with Gasteiger partial charge in [-0.05, 0) is 6.92 Å². The topological polar surface area (TPSA) is 110 Å². The van der Waals surface area contributed by atoms with Gasteiger partial charge < -0.3 is 19.7 Å². The van der Waals surface area contributed by atoms with Gasteiger partial charge in [0.05, 0.1) is 0 Å². The molecule has 1 aliphatic rings. The highest BCUT2D eigenvalue weighted by Gasteiger charge is 2.46. The summed E-state index contributed by atoms with van der Waals surface area (Å²) in [5, 5.41) is 18.5. The normalized spacial score (nSPS) is 26.1. The molecule has 3 atom stereocenters. The summed E-state index contributed by atoms with van der Waals surface area (Å²) >= 11 is 0. The Morgan fingerprint density at radius 1 is 1.59 bits per heavy atom. The van der Waals surface area contributed by atoms with Gasteiger partial charge in [0.2, 0.25) is 11.9 Å². The Bertz CT molecular complexity index is 360. The third-order valence-electron chi connectivity index (χ3n) is 2.06. The van der Waals surface area contributed by atoms with Crippen LogP contribution in [0.3, 0.4) is 0 Å². The molecule has 1 saturated heterocycles. The molecule has 0 aliphatic carbocycles. The fourth-order valence-electron chi connectivity index (χ4n) is 1.23. The molecule has 0 bridgehead atoms. The number of esters is 2. The van der Waals surface area contributed by atoms with Crippen LogP contribution < -0.4 is 0 Å². The number of carbonyl (C=O) groups is 3. The lowest BCUT2D eigenvalue weighted by Gasteiger charge is -2.14. The van der Waals surface area contributed by atoms with E-state index >= 15 is 0 Å². The molecule has 0 saturated carbocycles. The van der Waals surface area contributed by atoms with Crippen LogP contribution in [0.2, 0.25) is 0 Å². The van der Waals surface area contributed by atoms with Gasteiger partial charge in [0.1, 0.15) is 12.7 Å². The fourth-order valence-corrected chi connectivity index (χ4v) is 1.23. The van der Waals surface area contributed by atoms with Crippen molar-refractivity contribution in [2.75, 3.05) is 6.61 Å². The van der Waals surface area contributed by atoms with Crippen molar-refractivity contribution in [3.05, 3.63) is 12.2 Å². The molecule has 0 aromatic carbocycles. The van der Waals surface area contributed by atoms with Gasteiger partial charge in [-0.1, -0.05) is 6.08 Å². The number of aliphatic hydroxyl groups excluding tert-OH is 2. The molecule has 7 heteroatoms. The molecule has 0 radical (unpaired) electrons. The number of allylic oxidation sites excluding steroid dienone is 1. The molecule has 0 aromatic rings. The van der Waals surface area contributed by atoms with Crippen LogP contribution in [0.5, 0.6) is 0 Å². The minimum Gasteiger partial charge on any atom is -0.460 e. The molecule has 0 amide bonds. The molecule has 2 N–H and O–H groups in total. The lowest BCUT2D eigenvalue weighted by Crippen LogP contribution is -2.37. The Balaban J connectivity index is 2.49. The second kappa shape index (κ2) is 5.55. The van der Waals surface area contributed by atoms with E-state index in [2.05, 4.69) is 9.47 Å². The molecule has 17 heavy (non-hydrogen) atoms. The maximum absolute atomic E-state index is 11.2. The summed E-state index contributed by atoms with van der Waals surface area (Å²) in [6.07, 6.45) is -2.28. The van der Waals surface area contributed by atoms with Crippen molar-refractivity contribution in [3.8, 4) is 0 Å². The van der Waals surface area contributed by atoms with Crippen molar-refractivity contribution in [2.45, 2.75) is 25.2 Å². The van der Waals surface area contributed by atoms with E-state index in [0.29, 0.717) is 0 Å². The first-order chi connectivity index (χ1) is 7.97. The van der Waals surface area contributed by atoms with Crippen molar-refractivity contribution < 1.29 is 34.1 Å². The molecule has 0 aromatic heterocycles. The van der Waals surface area contributed by atoms with E-state index in [1.165, 1.54) is 6.08 Å². The van der Waals surface area contributed by atoms with E-state index in [1.807, 2.05) is 0 Å². The Kier molecular flexibility index (Phi) is 4.36. The minimum atomic E-state index is -1.87. The van der Waals surface area contributed by atoms with E-state index in [-0.39, 0.29) is 0 Å². The number of hydrogen-bond acceptors (Lipinski definition) is 7. The first kappa shape index (κ1) is 13.3. The summed E-state index contributed by atoms with van der Waals surface area (Å²) in [5.41, 5.74) is 0. The first-order valence-electron chi connectivity index (χ1n) is 4.87. The van der Waals surface area contributed by atoms with Crippen LogP contribution in [0, 0.1) is 0 Å². The first-order valence-corrected chi connectivity index (χ1v) is 4.87. The third-order valence-corrected chi connectivity index (χ3v) is 2.06. The van der Waals surface area contributed by atoms with Crippen LogP contribution >= 0.6 is 0 Å². The fraction of sp³-hybridized carbons (Fsp3) is 0.500. The largest absolute Gasteiger partial charge is 0.460 e. The second-order valence-electron chi connectivity index (χ2n) is 3.36. The molecule has 7 nitrogen and oxygen atoms in total. The van der Waals surface area contributed by atoms with E-state index in [9.17, 15) is 19.5 Å². The zero-order valence-electron chi connectivity index (χ0n) is 9.03. The van der Waals surface area contributed by atoms with E-state index in [1.54, 1.807) is 6.92 Å². The van der Waals surface area contributed by atoms with Crippen molar-refractivity contribution in [1.82, 2.24) is 0 Å². The maximum Gasteiger partial charge on any atom is 0.343 e. The molecule has 94 valence electrons. The van der Waals surface area contributed by atoms with Crippen LogP contribution in [0.25, 0.3) is 0 Å². The van der Waals surface area contributed by atoms with Crippen molar-refractivity contribution in [1.29, 1.82) is 0 Å². The maximum atomic E-state index is 11.2. The van der Waals surface area contributed by atoms with Crippen LogP contribution in [0.4, 0.5) is 0 Å². The summed E-state index contributed by atoms with van der Waals surface area (Å²) in [6, 6.07) is 0. The second-order valence-corrected chi connectivity index (χ2v) is 3.36. The number of Topliss-reactive ketones (excluding diaryl/α,β-unsaturated/α-hetero) is 1. The van der Waals surface area contributed by atoms with Crippen LogP contribution in [0.1, 0.15) is 6.92 Å². The van der Waals surface area contributed by atoms with Crippen LogP contribution in [0.15, 0.2) is 12.2 Å². The van der Waals surface area contributed by atoms with Gasteiger partial charge in [-0.15, -0.1) is 0 Å². The van der Waals surface area contributed by atoms with Gasteiger partial charge in [0.25, 0.3) is 0 Å². The Morgan fingerprint density at radius 2 is 2.24 bits per heavy atom. The molecule has 1 heterocycles. The van der Waals surface area contributed by atoms with Gasteiger partial charge in [-0.3, -0.25) is 4.79 Å². The predicted molar refractivity (Wildman–Crippen MR) is 52.7 cm³/mol. The van der Waals surface area contributed by atoms with Crippen molar-refractivity contribution >= 4 is 17.7 Å². The average Bonchev–Trinajstić information content (AvgIpc) is 2.54. The highest BCUT2D eigenvalue weighted by Crippen LogP contribution is 2.14. The lowest BCUT2D eigenvalue weighted by atomic mass is 10.1. The Morgan fingerprint density at radius 3 is 2.71 bits per heavy atom. The quantitative estimate of drug-likeness (QED) is 0.345. The van der Waals surface area contributed by atoms with E-state index in [4.69, 9.17) is 5.11 Å². The summed E-state index contributed by atoms with van der Waals surface area (Å²) in [5.74, 6) is -2.74. The zero-order valence-corrected chi connectivity index (χ0v) is 9.03. The van der Waals surface area contributed by atoms with Gasteiger partial charge in [-0.25, -0.2) is 9.59 Å². The van der Waals surface area contributed by atoms with Crippen LogP contribution in [-0.2, 0) is 23.9 Å². The number of ether oxygens (including phenoxy) is 2. The number of hydrogen-bond donors (Lipinski definition) is 2. The highest BCUT2D eigenvalue weighted by molar-refractivity contribution is 6.09. The van der Waals surface area contributed by atoms with Crippen molar-refractivity contribution in [2.24, 2.45) is 0 Å². The number of aliphatic hydroxyl groups is 2. The van der Waals surface area contributed by atoms with Crippen LogP contribution in [-0.4, -0.2) is 52.9 Å². The number of ketones is 1. The smallest absolute Gasteiger partial charge is 0.343 e. The molecule has 1 fully saturated rings. The number of rotatable bonds is 4. The lowest BCUT2D eigenvalue weighted by molar-refractivity contribution is -0.154. The highest BCUT2D eigenvalue weighted by atomic mass is 16.6. The molecular weight excluding hydrogens is 232 g/mol. The zero-order chi connectivity index (χ0) is 13.0. The van der Waals surface area contributed by atoms with Gasteiger partial charge in [-0.2, -0.15) is 0 Å². The molecule has 3 unspecified atom stereocenters. The van der Waals surface area contributed by atoms with Gasteiger partial charge >= 0.3 is 11.9 Å². The SMILES string of the molecule is CC=CC(=O)OCC(O)C1OC(=O)C(O)C1=O. The third kappa shape index (κ3) is 3.11. The molecule has 0 spiro atoms. The Labute approximate surface area is 96.6 Å². The van der Waals surface area contributed by atoms with Gasteiger partial charge in [0.15, 0.2) is 6.10 Å². The van der Waals surface area contributed by atoms with E-state index < -0.39 is 42.6 Å². The summed E-state index contributed by atoms with van der Waals surface area (Å²) in [7, 11) is 0. The number of carbonyl (C=O) groups excluding carboxylic acids is 3. The number of cyclic esters (lactones) is 1. The summed E-state index contributed by atoms with van der Waals surface area (Å²) < 4.78 is 9.02. The molecule has 1 aliphatic heterocycles. The van der Waals surface area contributed by atoms with Gasteiger partial charge in [0, 0.05) is 6.08 Å². The average molecular weight is 244 g/mol. The standard InChI is InChI=1S/C10H12O7/c1-2-3-6(12)16-4-5(11)9-7(13)8(14)10(15)17-9/h2-3,5,8-9,11,14H,4H2,1H3. The summed E-state index contributed by atoms with van der Waals surface area (Å²) in [6.45, 7) is 1.11. The molecule has 1 rings (SSSR count). The predicted octanol–water partition coefficient (Wildman–Crippen LogP) is -1.68. The Hall–Kier alpha value is -1.73. The summed E-state index contributed by atoms with van der Waals surface area (Å²) in [4.78, 5) is 32.9. The minimum absolute atomic E-state index is 0.500.